The van der Waals surface area contributed by atoms with E-state index in [0.717, 1.165) is 48.3 Å². The first-order valence-electron chi connectivity index (χ1n) is 7.08. The lowest BCUT2D eigenvalue weighted by molar-refractivity contribution is 0.594. The maximum Gasteiger partial charge on any atom is 0.0953 e. The standard InChI is InChI=1S/C14H22BrN5/c1-4-12-14(15)13(20(5-2)18-12)9-19-8-11(17-10-19)6-7-16-3/h8,10,16H,4-7,9H2,1-3H3. The molecule has 0 saturated carbocycles. The molecule has 0 aliphatic carbocycles. The summed E-state index contributed by atoms with van der Waals surface area (Å²) in [5, 5.41) is 7.77. The number of hydrogen-bond donors (Lipinski definition) is 1. The maximum absolute atomic E-state index is 4.63. The van der Waals surface area contributed by atoms with Crippen molar-refractivity contribution in [1.82, 2.24) is 24.6 Å². The Balaban J connectivity index is 2.16. The van der Waals surface area contributed by atoms with Gasteiger partial charge in [-0.1, -0.05) is 6.92 Å². The van der Waals surface area contributed by atoms with Gasteiger partial charge in [-0.2, -0.15) is 5.10 Å². The summed E-state index contributed by atoms with van der Waals surface area (Å²) in [5.74, 6) is 0. The average Bonchev–Trinajstić information content (AvgIpc) is 3.03. The van der Waals surface area contributed by atoms with Crippen LogP contribution in [-0.2, 0) is 25.9 Å². The van der Waals surface area contributed by atoms with Gasteiger partial charge in [0.05, 0.1) is 34.4 Å². The molecule has 0 spiro atoms. The molecule has 0 aromatic carbocycles. The molecular weight excluding hydrogens is 318 g/mol. The molecule has 0 atom stereocenters. The lowest BCUT2D eigenvalue weighted by atomic mass is 10.3. The van der Waals surface area contributed by atoms with Crippen molar-refractivity contribution >= 4 is 15.9 Å². The highest BCUT2D eigenvalue weighted by atomic mass is 79.9. The number of likely N-dealkylation sites (N-methyl/N-ethyl adjacent to an activating group) is 1. The van der Waals surface area contributed by atoms with Crippen LogP contribution >= 0.6 is 15.9 Å². The topological polar surface area (TPSA) is 47.7 Å². The molecule has 0 fully saturated rings. The molecular formula is C14H22BrN5. The van der Waals surface area contributed by atoms with E-state index in [2.05, 4.69) is 60.6 Å². The molecule has 20 heavy (non-hydrogen) atoms. The highest BCUT2D eigenvalue weighted by Crippen LogP contribution is 2.23. The second-order valence-electron chi connectivity index (χ2n) is 4.77. The van der Waals surface area contributed by atoms with Crippen molar-refractivity contribution in [2.24, 2.45) is 0 Å². The molecule has 0 amide bonds. The molecule has 2 rings (SSSR count). The molecule has 0 aliphatic heterocycles. The van der Waals surface area contributed by atoms with Crippen molar-refractivity contribution in [2.45, 2.75) is 39.8 Å². The molecule has 0 aliphatic rings. The van der Waals surface area contributed by atoms with Crippen LogP contribution in [0.1, 0.15) is 30.9 Å². The predicted molar refractivity (Wildman–Crippen MR) is 83.9 cm³/mol. The summed E-state index contributed by atoms with van der Waals surface area (Å²) in [7, 11) is 1.96. The van der Waals surface area contributed by atoms with Gasteiger partial charge < -0.3 is 9.88 Å². The Morgan fingerprint density at radius 1 is 1.35 bits per heavy atom. The van der Waals surface area contributed by atoms with Crippen molar-refractivity contribution < 1.29 is 0 Å². The molecule has 2 aromatic rings. The normalized spacial score (nSPS) is 11.2. The number of rotatable bonds is 7. The van der Waals surface area contributed by atoms with Crippen LogP contribution in [0.2, 0.25) is 0 Å². The SMILES string of the molecule is CCc1nn(CC)c(Cn2cnc(CCNC)c2)c1Br. The third-order valence-corrected chi connectivity index (χ3v) is 4.26. The number of aryl methyl sites for hydroxylation is 2. The monoisotopic (exact) mass is 339 g/mol. The van der Waals surface area contributed by atoms with Crippen molar-refractivity contribution in [2.75, 3.05) is 13.6 Å². The van der Waals surface area contributed by atoms with E-state index in [9.17, 15) is 0 Å². The van der Waals surface area contributed by atoms with Gasteiger partial charge in [-0.15, -0.1) is 0 Å². The Bertz CT molecular complexity index is 558. The first-order valence-corrected chi connectivity index (χ1v) is 7.88. The zero-order chi connectivity index (χ0) is 14.5. The summed E-state index contributed by atoms with van der Waals surface area (Å²) < 4.78 is 5.32. The summed E-state index contributed by atoms with van der Waals surface area (Å²) in [6.45, 7) is 6.88. The van der Waals surface area contributed by atoms with Gasteiger partial charge in [0.25, 0.3) is 0 Å². The summed E-state index contributed by atoms with van der Waals surface area (Å²) in [6, 6.07) is 0. The first kappa shape index (κ1) is 15.3. The number of aromatic nitrogens is 4. The fourth-order valence-corrected chi connectivity index (χ4v) is 2.91. The molecule has 5 nitrogen and oxygen atoms in total. The summed E-state index contributed by atoms with van der Waals surface area (Å²) >= 11 is 3.68. The third kappa shape index (κ3) is 3.30. The van der Waals surface area contributed by atoms with E-state index in [-0.39, 0.29) is 0 Å². The van der Waals surface area contributed by atoms with Gasteiger partial charge in [-0.25, -0.2) is 4.98 Å². The summed E-state index contributed by atoms with van der Waals surface area (Å²) in [5.41, 5.74) is 3.45. The lowest BCUT2D eigenvalue weighted by Crippen LogP contribution is -2.10. The zero-order valence-corrected chi connectivity index (χ0v) is 13.9. The highest BCUT2D eigenvalue weighted by molar-refractivity contribution is 9.10. The fourth-order valence-electron chi connectivity index (χ4n) is 2.22. The summed E-state index contributed by atoms with van der Waals surface area (Å²) in [4.78, 5) is 4.44. The van der Waals surface area contributed by atoms with Crippen LogP contribution < -0.4 is 5.32 Å². The van der Waals surface area contributed by atoms with Gasteiger partial charge in [0.2, 0.25) is 0 Å². The molecule has 2 heterocycles. The second-order valence-corrected chi connectivity index (χ2v) is 5.56. The number of nitrogens with zero attached hydrogens (tertiary/aromatic N) is 4. The van der Waals surface area contributed by atoms with Crippen molar-refractivity contribution in [3.63, 3.8) is 0 Å². The largest absolute Gasteiger partial charge is 0.331 e. The number of hydrogen-bond acceptors (Lipinski definition) is 3. The van der Waals surface area contributed by atoms with Crippen molar-refractivity contribution in [1.29, 1.82) is 0 Å². The van der Waals surface area contributed by atoms with Crippen LogP contribution in [0.5, 0.6) is 0 Å². The smallest absolute Gasteiger partial charge is 0.0953 e. The van der Waals surface area contributed by atoms with Crippen LogP contribution in [0.4, 0.5) is 0 Å². The van der Waals surface area contributed by atoms with Gasteiger partial charge in [0.15, 0.2) is 0 Å². The van der Waals surface area contributed by atoms with E-state index in [4.69, 9.17) is 0 Å². The molecule has 1 N–H and O–H groups in total. The Morgan fingerprint density at radius 2 is 2.15 bits per heavy atom. The van der Waals surface area contributed by atoms with Gasteiger partial charge >= 0.3 is 0 Å². The lowest BCUT2D eigenvalue weighted by Gasteiger charge is -2.06. The zero-order valence-electron chi connectivity index (χ0n) is 12.4. The van der Waals surface area contributed by atoms with E-state index in [1.165, 1.54) is 5.69 Å². The number of halogens is 1. The van der Waals surface area contributed by atoms with Crippen molar-refractivity contribution in [3.05, 3.63) is 34.1 Å². The first-order chi connectivity index (χ1) is 9.69. The third-order valence-electron chi connectivity index (χ3n) is 3.34. The van der Waals surface area contributed by atoms with Crippen LogP contribution in [0, 0.1) is 0 Å². The Kier molecular flexibility index (Phi) is 5.37. The van der Waals surface area contributed by atoms with Gasteiger partial charge in [0.1, 0.15) is 0 Å². The van der Waals surface area contributed by atoms with Gasteiger partial charge in [-0.05, 0) is 36.3 Å². The quantitative estimate of drug-likeness (QED) is 0.841. The molecule has 2 aromatic heterocycles. The van der Waals surface area contributed by atoms with E-state index < -0.39 is 0 Å². The van der Waals surface area contributed by atoms with E-state index in [0.29, 0.717) is 0 Å². The molecule has 0 radical (unpaired) electrons. The highest BCUT2D eigenvalue weighted by Gasteiger charge is 2.14. The minimum Gasteiger partial charge on any atom is -0.331 e. The van der Waals surface area contributed by atoms with Gasteiger partial charge in [-0.3, -0.25) is 4.68 Å². The predicted octanol–water partition coefficient (Wildman–Crippen LogP) is 2.23. The summed E-state index contributed by atoms with van der Waals surface area (Å²) in [6.07, 6.45) is 5.91. The number of imidazole rings is 1. The second kappa shape index (κ2) is 7.04. The van der Waals surface area contributed by atoms with Crippen LogP contribution in [0.15, 0.2) is 17.0 Å². The van der Waals surface area contributed by atoms with E-state index >= 15 is 0 Å². The molecule has 110 valence electrons. The minimum absolute atomic E-state index is 0.800. The maximum atomic E-state index is 4.63. The van der Waals surface area contributed by atoms with Crippen LogP contribution in [-0.4, -0.2) is 32.9 Å². The van der Waals surface area contributed by atoms with Gasteiger partial charge in [0, 0.05) is 25.7 Å². The van der Waals surface area contributed by atoms with Crippen molar-refractivity contribution in [3.8, 4) is 0 Å². The molecule has 0 unspecified atom stereocenters. The average molecular weight is 340 g/mol. The number of nitrogens with one attached hydrogen (secondary N) is 1. The van der Waals surface area contributed by atoms with Crippen LogP contribution in [0.25, 0.3) is 0 Å². The Hall–Kier alpha value is -1.14. The van der Waals surface area contributed by atoms with E-state index in [1.54, 1.807) is 0 Å². The van der Waals surface area contributed by atoms with Crippen LogP contribution in [0.3, 0.4) is 0 Å². The Labute approximate surface area is 128 Å². The molecule has 0 bridgehead atoms. The molecule has 0 saturated heterocycles. The minimum atomic E-state index is 0.800. The Morgan fingerprint density at radius 3 is 2.80 bits per heavy atom. The molecule has 6 heteroatoms. The van der Waals surface area contributed by atoms with E-state index in [1.807, 2.05) is 13.4 Å². The fraction of sp³-hybridized carbons (Fsp3) is 0.571.